The summed E-state index contributed by atoms with van der Waals surface area (Å²) >= 11 is 5.94. The number of aromatic hydroxyl groups is 1. The fraction of sp³-hybridized carbons (Fsp3) is 0.211. The molecule has 1 fully saturated rings. The van der Waals surface area contributed by atoms with Crippen molar-refractivity contribution in [1.82, 2.24) is 15.0 Å². The Morgan fingerprint density at radius 3 is 2.70 bits per heavy atom. The zero-order valence-corrected chi connectivity index (χ0v) is 15.2. The lowest BCUT2D eigenvalue weighted by Gasteiger charge is -2.27. The molecule has 0 aliphatic carbocycles. The largest absolute Gasteiger partial charge is 0.506 e. The van der Waals surface area contributed by atoms with E-state index in [9.17, 15) is 5.11 Å². The van der Waals surface area contributed by atoms with Crippen LogP contribution in [-0.2, 0) is 4.74 Å². The molecule has 0 saturated carbocycles. The highest BCUT2D eigenvalue weighted by molar-refractivity contribution is 6.32. The molecule has 0 bridgehead atoms. The summed E-state index contributed by atoms with van der Waals surface area (Å²) in [5.41, 5.74) is 2.27. The second-order valence-electron chi connectivity index (χ2n) is 6.07. The summed E-state index contributed by atoms with van der Waals surface area (Å²) in [4.78, 5) is 15.5. The first-order valence-corrected chi connectivity index (χ1v) is 8.94. The fourth-order valence-corrected chi connectivity index (χ4v) is 2.93. The quantitative estimate of drug-likeness (QED) is 0.713. The molecule has 0 spiro atoms. The van der Waals surface area contributed by atoms with Crippen LogP contribution in [0.3, 0.4) is 0 Å². The summed E-state index contributed by atoms with van der Waals surface area (Å²) in [5.74, 6) is 1.27. The van der Waals surface area contributed by atoms with E-state index < -0.39 is 0 Å². The third-order valence-corrected chi connectivity index (χ3v) is 4.50. The maximum atomic E-state index is 9.96. The number of anilines is 3. The van der Waals surface area contributed by atoms with Crippen molar-refractivity contribution >= 4 is 29.1 Å². The molecule has 1 aliphatic rings. The Bertz CT molecular complexity index is 933. The Morgan fingerprint density at radius 2 is 1.96 bits per heavy atom. The molecule has 1 aliphatic heterocycles. The first kappa shape index (κ1) is 17.5. The number of phenols is 1. The second-order valence-corrected chi connectivity index (χ2v) is 6.48. The smallest absolute Gasteiger partial charge is 0.228 e. The Hall–Kier alpha value is -2.90. The molecule has 2 N–H and O–H groups in total. The van der Waals surface area contributed by atoms with Crippen molar-refractivity contribution in [2.24, 2.45) is 0 Å². The summed E-state index contributed by atoms with van der Waals surface area (Å²) in [6.45, 7) is 2.73. The molecular formula is C19H18ClN5O2. The number of aromatic nitrogens is 3. The van der Waals surface area contributed by atoms with Gasteiger partial charge in [-0.05, 0) is 24.3 Å². The maximum absolute atomic E-state index is 9.96. The number of morpholine rings is 1. The minimum absolute atomic E-state index is 0.0162. The number of halogens is 1. The van der Waals surface area contributed by atoms with Crippen molar-refractivity contribution in [3.05, 3.63) is 53.8 Å². The van der Waals surface area contributed by atoms with E-state index in [4.69, 9.17) is 16.3 Å². The van der Waals surface area contributed by atoms with Crippen LogP contribution < -0.4 is 10.2 Å². The SMILES string of the molecule is Oc1cc(-c2cc(Nc3cccnc3)nc(N3CCOCC3)n2)ccc1Cl. The van der Waals surface area contributed by atoms with Gasteiger partial charge < -0.3 is 20.1 Å². The topological polar surface area (TPSA) is 83.4 Å². The predicted molar refractivity (Wildman–Crippen MR) is 105 cm³/mol. The van der Waals surface area contributed by atoms with Crippen LogP contribution in [0.15, 0.2) is 48.8 Å². The molecule has 8 heteroatoms. The number of benzene rings is 1. The van der Waals surface area contributed by atoms with Gasteiger partial charge in [0.2, 0.25) is 5.95 Å². The van der Waals surface area contributed by atoms with Gasteiger partial charge in [-0.2, -0.15) is 4.98 Å². The van der Waals surface area contributed by atoms with Crippen LogP contribution in [0.25, 0.3) is 11.3 Å². The zero-order valence-electron chi connectivity index (χ0n) is 14.5. The van der Waals surface area contributed by atoms with Gasteiger partial charge in [0, 0.05) is 30.9 Å². The van der Waals surface area contributed by atoms with Gasteiger partial charge in [-0.15, -0.1) is 0 Å². The van der Waals surface area contributed by atoms with E-state index >= 15 is 0 Å². The predicted octanol–water partition coefficient (Wildman–Crippen LogP) is 3.48. The zero-order chi connectivity index (χ0) is 18.6. The number of pyridine rings is 1. The van der Waals surface area contributed by atoms with Crippen molar-refractivity contribution in [1.29, 1.82) is 0 Å². The number of phenolic OH excluding ortho intramolecular Hbond substituents is 1. The van der Waals surface area contributed by atoms with Crippen molar-refractivity contribution in [2.75, 3.05) is 36.5 Å². The third kappa shape index (κ3) is 4.10. The lowest BCUT2D eigenvalue weighted by atomic mass is 10.1. The Kier molecular flexibility index (Phi) is 5.04. The fourth-order valence-electron chi connectivity index (χ4n) is 2.81. The minimum Gasteiger partial charge on any atom is -0.506 e. The molecule has 1 saturated heterocycles. The van der Waals surface area contributed by atoms with Crippen LogP contribution >= 0.6 is 11.6 Å². The van der Waals surface area contributed by atoms with Gasteiger partial charge >= 0.3 is 0 Å². The molecule has 7 nitrogen and oxygen atoms in total. The Labute approximate surface area is 161 Å². The molecule has 0 amide bonds. The monoisotopic (exact) mass is 383 g/mol. The first-order valence-electron chi connectivity index (χ1n) is 8.57. The number of nitrogens with one attached hydrogen (secondary N) is 1. The Morgan fingerprint density at radius 1 is 1.11 bits per heavy atom. The molecule has 4 rings (SSSR count). The molecule has 0 unspecified atom stereocenters. The highest BCUT2D eigenvalue weighted by Crippen LogP contribution is 2.31. The normalized spacial score (nSPS) is 14.2. The molecule has 1 aromatic carbocycles. The number of ether oxygens (including phenoxy) is 1. The van der Waals surface area contributed by atoms with Gasteiger partial charge in [0.1, 0.15) is 11.6 Å². The number of hydrogen-bond donors (Lipinski definition) is 2. The standard InChI is InChI=1S/C19H18ClN5O2/c20-15-4-3-13(10-17(15)26)16-11-18(22-14-2-1-5-21-12-14)24-19(23-16)25-6-8-27-9-7-25/h1-5,10-12,26H,6-9H2,(H,22,23,24). The average molecular weight is 384 g/mol. The molecule has 3 heterocycles. The molecule has 3 aromatic rings. The number of rotatable bonds is 4. The van der Waals surface area contributed by atoms with Crippen molar-refractivity contribution in [3.8, 4) is 17.0 Å². The summed E-state index contributed by atoms with van der Waals surface area (Å²) in [6.07, 6.45) is 3.44. The van der Waals surface area contributed by atoms with Gasteiger partial charge in [-0.25, -0.2) is 4.98 Å². The Balaban J connectivity index is 1.74. The van der Waals surface area contributed by atoms with Gasteiger partial charge in [0.25, 0.3) is 0 Å². The van der Waals surface area contributed by atoms with E-state index in [2.05, 4.69) is 25.2 Å². The van der Waals surface area contributed by atoms with E-state index in [-0.39, 0.29) is 5.75 Å². The molecule has 0 radical (unpaired) electrons. The van der Waals surface area contributed by atoms with Crippen LogP contribution in [0.1, 0.15) is 0 Å². The summed E-state index contributed by atoms with van der Waals surface area (Å²) < 4.78 is 5.42. The second kappa shape index (κ2) is 7.77. The summed E-state index contributed by atoms with van der Waals surface area (Å²) in [7, 11) is 0. The lowest BCUT2D eigenvalue weighted by Crippen LogP contribution is -2.37. The average Bonchev–Trinajstić information content (AvgIpc) is 2.71. The van der Waals surface area contributed by atoms with Crippen molar-refractivity contribution < 1.29 is 9.84 Å². The van der Waals surface area contributed by atoms with E-state index in [0.717, 1.165) is 24.3 Å². The maximum Gasteiger partial charge on any atom is 0.228 e. The molecule has 2 aromatic heterocycles. The van der Waals surface area contributed by atoms with Gasteiger partial charge in [-0.1, -0.05) is 17.7 Å². The van der Waals surface area contributed by atoms with Gasteiger partial charge in [0.15, 0.2) is 0 Å². The van der Waals surface area contributed by atoms with Crippen LogP contribution in [0.4, 0.5) is 17.5 Å². The van der Waals surface area contributed by atoms with Crippen LogP contribution in [-0.4, -0.2) is 46.4 Å². The highest BCUT2D eigenvalue weighted by atomic mass is 35.5. The van der Waals surface area contributed by atoms with Crippen molar-refractivity contribution in [3.63, 3.8) is 0 Å². The summed E-state index contributed by atoms with van der Waals surface area (Å²) in [6, 6.07) is 10.7. The van der Waals surface area contributed by atoms with Gasteiger partial charge in [-0.3, -0.25) is 4.98 Å². The van der Waals surface area contributed by atoms with E-state index in [0.29, 0.717) is 35.7 Å². The summed E-state index contributed by atoms with van der Waals surface area (Å²) in [5, 5.41) is 13.5. The highest BCUT2D eigenvalue weighted by Gasteiger charge is 2.17. The van der Waals surface area contributed by atoms with E-state index in [1.54, 1.807) is 24.5 Å². The van der Waals surface area contributed by atoms with Crippen LogP contribution in [0.5, 0.6) is 5.75 Å². The number of nitrogens with zero attached hydrogens (tertiary/aromatic N) is 4. The lowest BCUT2D eigenvalue weighted by molar-refractivity contribution is 0.122. The number of hydrogen-bond acceptors (Lipinski definition) is 7. The first-order chi connectivity index (χ1) is 13.2. The van der Waals surface area contributed by atoms with Crippen LogP contribution in [0, 0.1) is 0 Å². The molecule has 138 valence electrons. The van der Waals surface area contributed by atoms with Crippen molar-refractivity contribution in [2.45, 2.75) is 0 Å². The van der Waals surface area contributed by atoms with E-state index in [1.807, 2.05) is 24.3 Å². The molecule has 0 atom stereocenters. The molecule has 27 heavy (non-hydrogen) atoms. The molecular weight excluding hydrogens is 366 g/mol. The third-order valence-electron chi connectivity index (χ3n) is 4.18. The van der Waals surface area contributed by atoms with Gasteiger partial charge in [0.05, 0.1) is 35.8 Å². The van der Waals surface area contributed by atoms with Crippen LogP contribution in [0.2, 0.25) is 5.02 Å². The van der Waals surface area contributed by atoms with E-state index in [1.165, 1.54) is 0 Å². The minimum atomic E-state index is 0.0162.